The van der Waals surface area contributed by atoms with Crippen molar-refractivity contribution >= 4 is 37.1 Å². The van der Waals surface area contributed by atoms with Crippen LogP contribution >= 0.6 is 11.8 Å². The molecule has 2 aliphatic rings. The molecular formula is C26H39FN2O5SSi. The van der Waals surface area contributed by atoms with Gasteiger partial charge in [0.2, 0.25) is 0 Å². The van der Waals surface area contributed by atoms with Crippen LogP contribution in [-0.4, -0.2) is 61.0 Å². The zero-order valence-corrected chi connectivity index (χ0v) is 24.7. The normalized spacial score (nSPS) is 25.5. The Labute approximate surface area is 219 Å². The summed E-state index contributed by atoms with van der Waals surface area (Å²) in [6.07, 6.45) is -0.173. The number of rotatable bonds is 7. The number of hydrogen-bond donors (Lipinski definition) is 0. The number of ether oxygens (including phenoxy) is 3. The Morgan fingerprint density at radius 2 is 1.94 bits per heavy atom. The Bertz CT molecular complexity index is 1050. The van der Waals surface area contributed by atoms with Crippen LogP contribution in [0.4, 0.5) is 9.18 Å². The second kappa shape index (κ2) is 10.1. The molecule has 200 valence electrons. The Morgan fingerprint density at radius 1 is 1.28 bits per heavy atom. The molecule has 7 nitrogen and oxygen atoms in total. The van der Waals surface area contributed by atoms with Gasteiger partial charge in [-0.15, -0.1) is 0 Å². The lowest BCUT2D eigenvalue weighted by molar-refractivity contribution is -0.141. The van der Waals surface area contributed by atoms with Gasteiger partial charge in [0.25, 0.3) is 0 Å². The van der Waals surface area contributed by atoms with Crippen LogP contribution < -0.4 is 0 Å². The average molecular weight is 539 g/mol. The lowest BCUT2D eigenvalue weighted by Crippen LogP contribution is -2.47. The van der Waals surface area contributed by atoms with Crippen molar-refractivity contribution < 1.29 is 28.2 Å². The van der Waals surface area contributed by atoms with E-state index in [2.05, 4.69) is 19.6 Å². The fourth-order valence-electron chi connectivity index (χ4n) is 4.35. The van der Waals surface area contributed by atoms with E-state index in [1.54, 1.807) is 45.9 Å². The van der Waals surface area contributed by atoms with Crippen molar-refractivity contribution in [3.63, 3.8) is 0 Å². The molecule has 0 spiro atoms. The molecule has 0 bridgehead atoms. The van der Waals surface area contributed by atoms with Gasteiger partial charge in [0, 0.05) is 26.2 Å². The van der Waals surface area contributed by atoms with Gasteiger partial charge in [-0.25, -0.2) is 14.1 Å². The molecule has 0 N–H and O–H groups in total. The first-order chi connectivity index (χ1) is 16.5. The molecule has 1 aliphatic heterocycles. The van der Waals surface area contributed by atoms with Crippen LogP contribution in [0.2, 0.25) is 25.7 Å². The number of fused-ring (bicyclic) bond motifs is 1. The standard InChI is InChI=1S/C26H39FN2O5SSi/c1-17-11-10-12-18(20(17)27)25(5)19-15-26(19,21(30)32-6)35-22(28-25)29(23(31)34-24(2,3)4)16-33-13-14-36(7,8)9/h10-12,19H,13-16H2,1-9H3/t19?,25-,26?/m1/s1. The van der Waals surface area contributed by atoms with Gasteiger partial charge in [-0.3, -0.25) is 9.79 Å². The third-order valence-corrected chi connectivity index (χ3v) is 9.70. The highest BCUT2D eigenvalue weighted by atomic mass is 32.2. The monoisotopic (exact) mass is 538 g/mol. The van der Waals surface area contributed by atoms with Gasteiger partial charge in [-0.05, 0) is 52.6 Å². The number of amides is 1. The summed E-state index contributed by atoms with van der Waals surface area (Å²) in [6, 6.07) is 6.10. The third kappa shape index (κ3) is 5.97. The van der Waals surface area contributed by atoms with E-state index in [4.69, 9.17) is 19.2 Å². The van der Waals surface area contributed by atoms with Gasteiger partial charge < -0.3 is 14.2 Å². The predicted molar refractivity (Wildman–Crippen MR) is 143 cm³/mol. The molecule has 1 aliphatic carbocycles. The molecular weight excluding hydrogens is 499 g/mol. The first-order valence-electron chi connectivity index (χ1n) is 12.3. The molecule has 1 aromatic carbocycles. The smallest absolute Gasteiger partial charge is 0.418 e. The number of thioether (sulfide) groups is 1. The number of aryl methyl sites for hydroxylation is 1. The van der Waals surface area contributed by atoms with Crippen LogP contribution in [0, 0.1) is 18.7 Å². The number of halogens is 1. The highest BCUT2D eigenvalue weighted by Gasteiger charge is 2.72. The molecule has 1 heterocycles. The van der Waals surface area contributed by atoms with Gasteiger partial charge in [-0.1, -0.05) is 49.6 Å². The first-order valence-corrected chi connectivity index (χ1v) is 16.8. The summed E-state index contributed by atoms with van der Waals surface area (Å²) in [7, 11) is -0.00576. The van der Waals surface area contributed by atoms with E-state index >= 15 is 4.39 Å². The molecule has 1 aromatic rings. The zero-order chi connectivity index (χ0) is 27.1. The van der Waals surface area contributed by atoms with Gasteiger partial charge in [-0.2, -0.15) is 0 Å². The van der Waals surface area contributed by atoms with E-state index in [-0.39, 0.29) is 23.6 Å². The lowest BCUT2D eigenvalue weighted by Gasteiger charge is -2.37. The first kappa shape index (κ1) is 28.7. The summed E-state index contributed by atoms with van der Waals surface area (Å²) in [6.45, 7) is 16.0. The highest BCUT2D eigenvalue weighted by Crippen LogP contribution is 2.67. The Hall–Kier alpha value is -1.91. The van der Waals surface area contributed by atoms with Crippen LogP contribution in [0.25, 0.3) is 0 Å². The molecule has 1 fully saturated rings. The van der Waals surface area contributed by atoms with Crippen LogP contribution in [0.5, 0.6) is 0 Å². The molecule has 36 heavy (non-hydrogen) atoms. The van der Waals surface area contributed by atoms with Crippen LogP contribution in [-0.2, 0) is 24.5 Å². The zero-order valence-electron chi connectivity index (χ0n) is 22.9. The van der Waals surface area contributed by atoms with Crippen molar-refractivity contribution in [1.82, 2.24) is 4.90 Å². The van der Waals surface area contributed by atoms with Crippen LogP contribution in [0.3, 0.4) is 0 Å². The minimum Gasteiger partial charge on any atom is -0.468 e. The van der Waals surface area contributed by atoms with E-state index in [9.17, 15) is 9.59 Å². The molecule has 0 aromatic heterocycles. The van der Waals surface area contributed by atoms with Crippen molar-refractivity contribution in [2.75, 3.05) is 20.4 Å². The fraction of sp³-hybridized carbons (Fsp3) is 0.654. The Morgan fingerprint density at radius 3 is 2.53 bits per heavy atom. The maximum absolute atomic E-state index is 15.4. The number of methoxy groups -OCH3 is 1. The predicted octanol–water partition coefficient (Wildman–Crippen LogP) is 5.93. The highest BCUT2D eigenvalue weighted by molar-refractivity contribution is 8.15. The van der Waals surface area contributed by atoms with Crippen molar-refractivity contribution in [3.8, 4) is 0 Å². The summed E-state index contributed by atoms with van der Waals surface area (Å²) in [4.78, 5) is 32.6. The minimum atomic E-state index is -1.35. The van der Waals surface area contributed by atoms with E-state index < -0.39 is 36.0 Å². The van der Waals surface area contributed by atoms with E-state index in [0.29, 0.717) is 24.2 Å². The molecule has 1 amide bonds. The van der Waals surface area contributed by atoms with E-state index in [0.717, 1.165) is 6.04 Å². The lowest BCUT2D eigenvalue weighted by atomic mass is 9.85. The average Bonchev–Trinajstić information content (AvgIpc) is 3.50. The number of amidine groups is 1. The number of hydrogen-bond acceptors (Lipinski definition) is 7. The largest absolute Gasteiger partial charge is 0.468 e. The van der Waals surface area contributed by atoms with Gasteiger partial charge in [0.15, 0.2) is 5.17 Å². The maximum atomic E-state index is 15.4. The third-order valence-electron chi connectivity index (χ3n) is 6.52. The van der Waals surface area contributed by atoms with E-state index in [1.165, 1.54) is 23.8 Å². The summed E-state index contributed by atoms with van der Waals surface area (Å²) in [5, 5.41) is 0.264. The summed E-state index contributed by atoms with van der Waals surface area (Å²) in [5.41, 5.74) is -0.947. The molecule has 0 saturated heterocycles. The number of nitrogens with zero attached hydrogens (tertiary/aromatic N) is 2. The quantitative estimate of drug-likeness (QED) is 0.185. The van der Waals surface area contributed by atoms with Crippen molar-refractivity contribution in [2.24, 2.45) is 10.9 Å². The van der Waals surface area contributed by atoms with Crippen LogP contribution in [0.1, 0.15) is 45.2 Å². The van der Waals surface area contributed by atoms with Crippen LogP contribution in [0.15, 0.2) is 23.2 Å². The van der Waals surface area contributed by atoms with E-state index in [1.807, 2.05) is 6.92 Å². The summed E-state index contributed by atoms with van der Waals surface area (Å²) in [5.74, 6) is -1.06. The topological polar surface area (TPSA) is 77.4 Å². The van der Waals surface area contributed by atoms with Gasteiger partial charge >= 0.3 is 12.1 Å². The van der Waals surface area contributed by atoms with Crippen molar-refractivity contribution in [2.45, 2.75) is 82.6 Å². The maximum Gasteiger partial charge on any atom is 0.418 e. The van der Waals surface area contributed by atoms with Crippen molar-refractivity contribution in [3.05, 3.63) is 35.1 Å². The van der Waals surface area contributed by atoms with Gasteiger partial charge in [0.05, 0.1) is 12.6 Å². The number of benzene rings is 1. The minimum absolute atomic E-state index is 0.0838. The molecule has 0 radical (unpaired) electrons. The molecule has 1 saturated carbocycles. The molecule has 2 unspecified atom stereocenters. The fourth-order valence-corrected chi connectivity index (χ4v) is 6.69. The summed E-state index contributed by atoms with van der Waals surface area (Å²) >= 11 is 1.18. The SMILES string of the molecule is COC(=O)C12CC1[C@@](C)(c1cccc(C)c1F)N=C(N(COCC[Si](C)(C)C)C(=O)OC(C)(C)C)S2. The number of carbonyl (C=O) groups is 2. The molecule has 3 rings (SSSR count). The second-order valence-electron chi connectivity index (χ2n) is 12.0. The molecule has 3 atom stereocenters. The Balaban J connectivity index is 2.05. The number of esters is 1. The number of carbonyl (C=O) groups excluding carboxylic acids is 2. The number of aliphatic imine (C=N–C) groups is 1. The second-order valence-corrected chi connectivity index (χ2v) is 18.9. The summed E-state index contributed by atoms with van der Waals surface area (Å²) < 4.78 is 31.2. The van der Waals surface area contributed by atoms with Gasteiger partial charge in [0.1, 0.15) is 22.9 Å². The Kier molecular flexibility index (Phi) is 8.04. The molecule has 10 heteroatoms. The van der Waals surface area contributed by atoms with Crippen molar-refractivity contribution in [1.29, 1.82) is 0 Å².